The van der Waals surface area contributed by atoms with Crippen molar-refractivity contribution in [3.05, 3.63) is 47.9 Å². The van der Waals surface area contributed by atoms with Crippen LogP contribution in [0.5, 0.6) is 0 Å². The molecule has 3 aromatic rings. The highest BCUT2D eigenvalue weighted by Gasteiger charge is 2.11. The van der Waals surface area contributed by atoms with Gasteiger partial charge in [-0.2, -0.15) is 0 Å². The van der Waals surface area contributed by atoms with Gasteiger partial charge in [-0.15, -0.1) is 0 Å². The summed E-state index contributed by atoms with van der Waals surface area (Å²) in [6.45, 7) is 4.68. The molecule has 3 aromatic heterocycles. The number of hydrogen-bond donors (Lipinski definition) is 2. The van der Waals surface area contributed by atoms with Crippen LogP contribution in [0, 0.1) is 6.92 Å². The topological polar surface area (TPSA) is 66.7 Å². The molecule has 0 amide bonds. The Bertz CT molecular complexity index is 685. The van der Waals surface area contributed by atoms with Crippen molar-refractivity contribution in [1.29, 1.82) is 0 Å². The van der Waals surface area contributed by atoms with Crippen LogP contribution in [0.3, 0.4) is 0 Å². The summed E-state index contributed by atoms with van der Waals surface area (Å²) in [4.78, 5) is 11.7. The molecule has 0 spiro atoms. The summed E-state index contributed by atoms with van der Waals surface area (Å²) in [5, 5.41) is 4.55. The van der Waals surface area contributed by atoms with E-state index in [1.807, 2.05) is 26.1 Å². The lowest BCUT2D eigenvalue weighted by Gasteiger charge is -2.09. The molecule has 1 unspecified atom stereocenters. The van der Waals surface area contributed by atoms with Crippen LogP contribution in [-0.2, 0) is 6.54 Å². The first-order valence-electron chi connectivity index (χ1n) is 6.31. The molecule has 1 atom stereocenters. The highest BCUT2D eigenvalue weighted by Crippen LogP contribution is 2.17. The van der Waals surface area contributed by atoms with Crippen LogP contribution in [0.2, 0.25) is 0 Å². The fourth-order valence-electron chi connectivity index (χ4n) is 2.08. The first kappa shape index (κ1) is 11.9. The van der Waals surface area contributed by atoms with Crippen LogP contribution < -0.4 is 5.32 Å². The molecule has 0 aliphatic heterocycles. The van der Waals surface area contributed by atoms with Crippen molar-refractivity contribution in [3.8, 4) is 0 Å². The van der Waals surface area contributed by atoms with Gasteiger partial charge in [-0.05, 0) is 31.5 Å². The molecule has 5 nitrogen and oxygen atoms in total. The number of aromatic amines is 1. The van der Waals surface area contributed by atoms with Gasteiger partial charge in [-0.25, -0.2) is 9.97 Å². The van der Waals surface area contributed by atoms with E-state index < -0.39 is 0 Å². The van der Waals surface area contributed by atoms with Gasteiger partial charge in [-0.3, -0.25) is 0 Å². The summed E-state index contributed by atoms with van der Waals surface area (Å²) in [6, 6.07) is 4.09. The smallest absolute Gasteiger partial charge is 0.211 e. The average molecular weight is 256 g/mol. The lowest BCUT2D eigenvalue weighted by Crippen LogP contribution is -2.18. The summed E-state index contributed by atoms with van der Waals surface area (Å²) in [5.74, 6) is 1.55. The van der Waals surface area contributed by atoms with Gasteiger partial charge in [0.15, 0.2) is 0 Å². The Morgan fingerprint density at radius 3 is 3.11 bits per heavy atom. The number of hydrogen-bond acceptors (Lipinski definition) is 4. The Kier molecular flexibility index (Phi) is 3.05. The molecule has 0 aliphatic carbocycles. The van der Waals surface area contributed by atoms with Gasteiger partial charge in [-0.1, -0.05) is 0 Å². The lowest BCUT2D eigenvalue weighted by atomic mass is 10.2. The van der Waals surface area contributed by atoms with Gasteiger partial charge in [0.2, 0.25) is 5.89 Å². The highest BCUT2D eigenvalue weighted by molar-refractivity contribution is 5.79. The third kappa shape index (κ3) is 2.37. The van der Waals surface area contributed by atoms with Gasteiger partial charge in [0, 0.05) is 24.3 Å². The zero-order valence-corrected chi connectivity index (χ0v) is 11.0. The molecule has 0 saturated heterocycles. The molecule has 19 heavy (non-hydrogen) atoms. The zero-order chi connectivity index (χ0) is 13.2. The predicted octanol–water partition coefficient (Wildman–Crippen LogP) is 2.71. The van der Waals surface area contributed by atoms with E-state index in [1.54, 1.807) is 12.4 Å². The summed E-state index contributed by atoms with van der Waals surface area (Å²) in [7, 11) is 0. The first-order valence-corrected chi connectivity index (χ1v) is 6.31. The van der Waals surface area contributed by atoms with Crippen molar-refractivity contribution in [3.63, 3.8) is 0 Å². The van der Waals surface area contributed by atoms with Crippen LogP contribution in [-0.4, -0.2) is 15.0 Å². The number of nitrogens with zero attached hydrogens (tertiary/aromatic N) is 2. The van der Waals surface area contributed by atoms with Crippen molar-refractivity contribution in [1.82, 2.24) is 20.3 Å². The van der Waals surface area contributed by atoms with Crippen LogP contribution in [0.4, 0.5) is 0 Å². The lowest BCUT2D eigenvalue weighted by molar-refractivity contribution is 0.402. The van der Waals surface area contributed by atoms with Crippen LogP contribution in [0.25, 0.3) is 11.0 Å². The van der Waals surface area contributed by atoms with Gasteiger partial charge < -0.3 is 14.7 Å². The largest absolute Gasteiger partial charge is 0.444 e. The fraction of sp³-hybridized carbons (Fsp3) is 0.286. The minimum Gasteiger partial charge on any atom is -0.444 e. The molecule has 0 fully saturated rings. The zero-order valence-electron chi connectivity index (χ0n) is 11.0. The van der Waals surface area contributed by atoms with E-state index in [2.05, 4.69) is 26.3 Å². The van der Waals surface area contributed by atoms with E-state index in [-0.39, 0.29) is 6.04 Å². The first-order chi connectivity index (χ1) is 9.24. The third-order valence-corrected chi connectivity index (χ3v) is 3.15. The predicted molar refractivity (Wildman–Crippen MR) is 72.6 cm³/mol. The molecule has 0 aliphatic rings. The minimum absolute atomic E-state index is 0.0790. The second-order valence-electron chi connectivity index (χ2n) is 4.63. The fourth-order valence-corrected chi connectivity index (χ4v) is 2.08. The molecular weight excluding hydrogens is 240 g/mol. The second-order valence-corrected chi connectivity index (χ2v) is 4.63. The molecular formula is C14H16N4O. The van der Waals surface area contributed by atoms with E-state index in [0.717, 1.165) is 29.2 Å². The van der Waals surface area contributed by atoms with E-state index in [0.29, 0.717) is 0 Å². The summed E-state index contributed by atoms with van der Waals surface area (Å²) < 4.78 is 5.51. The standard InChI is InChI=1S/C14H16N4O/c1-9-6-18-14(19-9)10(2)16-7-11-8-17-13-12(11)4-3-5-15-13/h3-6,8,10,16H,7H2,1-2H3,(H,15,17). The Morgan fingerprint density at radius 1 is 1.42 bits per heavy atom. The number of H-pyrrole nitrogens is 1. The SMILES string of the molecule is Cc1cnc(C(C)NCc2c[nH]c3ncccc23)o1. The monoisotopic (exact) mass is 256 g/mol. The van der Waals surface area contributed by atoms with Crippen LogP contribution >= 0.6 is 0 Å². The molecule has 3 heterocycles. The molecule has 0 radical (unpaired) electrons. The van der Waals surface area contributed by atoms with Crippen molar-refractivity contribution in [2.75, 3.05) is 0 Å². The third-order valence-electron chi connectivity index (χ3n) is 3.15. The molecule has 3 rings (SSSR count). The van der Waals surface area contributed by atoms with E-state index in [4.69, 9.17) is 4.42 Å². The molecule has 0 aromatic carbocycles. The van der Waals surface area contributed by atoms with Gasteiger partial charge in [0.05, 0.1) is 12.2 Å². The number of aromatic nitrogens is 3. The number of aryl methyl sites for hydroxylation is 1. The number of rotatable bonds is 4. The van der Waals surface area contributed by atoms with Crippen LogP contribution in [0.1, 0.15) is 30.2 Å². The summed E-state index contributed by atoms with van der Waals surface area (Å²) in [6.07, 6.45) is 5.51. The average Bonchev–Trinajstić information content (AvgIpc) is 3.02. The normalized spacial score (nSPS) is 12.9. The Hall–Kier alpha value is -2.14. The maximum atomic E-state index is 5.51. The summed E-state index contributed by atoms with van der Waals surface area (Å²) >= 11 is 0. The summed E-state index contributed by atoms with van der Waals surface area (Å²) in [5.41, 5.74) is 2.11. The molecule has 98 valence electrons. The molecule has 5 heteroatoms. The van der Waals surface area contributed by atoms with Crippen molar-refractivity contribution >= 4 is 11.0 Å². The second kappa shape index (κ2) is 4.85. The Morgan fingerprint density at radius 2 is 2.32 bits per heavy atom. The van der Waals surface area contributed by atoms with Crippen LogP contribution in [0.15, 0.2) is 35.1 Å². The Labute approximate surface area is 111 Å². The maximum Gasteiger partial charge on any atom is 0.211 e. The molecule has 0 saturated carbocycles. The van der Waals surface area contributed by atoms with Gasteiger partial charge >= 0.3 is 0 Å². The number of oxazole rings is 1. The highest BCUT2D eigenvalue weighted by atomic mass is 16.4. The maximum absolute atomic E-state index is 5.51. The van der Waals surface area contributed by atoms with E-state index >= 15 is 0 Å². The number of pyridine rings is 1. The van der Waals surface area contributed by atoms with Crippen molar-refractivity contribution in [2.24, 2.45) is 0 Å². The van der Waals surface area contributed by atoms with Gasteiger partial charge in [0.1, 0.15) is 11.4 Å². The number of nitrogens with one attached hydrogen (secondary N) is 2. The van der Waals surface area contributed by atoms with Crippen molar-refractivity contribution < 1.29 is 4.42 Å². The van der Waals surface area contributed by atoms with Crippen molar-refractivity contribution in [2.45, 2.75) is 26.4 Å². The Balaban J connectivity index is 1.72. The van der Waals surface area contributed by atoms with E-state index in [9.17, 15) is 0 Å². The molecule has 2 N–H and O–H groups in total. The minimum atomic E-state index is 0.0790. The van der Waals surface area contributed by atoms with E-state index in [1.165, 1.54) is 5.56 Å². The number of fused-ring (bicyclic) bond motifs is 1. The quantitative estimate of drug-likeness (QED) is 0.753. The van der Waals surface area contributed by atoms with Gasteiger partial charge in [0.25, 0.3) is 0 Å². The molecule has 0 bridgehead atoms.